The second kappa shape index (κ2) is 23.4. The average molecular weight is 793 g/mol. The molecule has 0 radical (unpaired) electrons. The molecule has 0 spiro atoms. The highest BCUT2D eigenvalue weighted by Gasteiger charge is 2.39. The number of aryl methyl sites for hydroxylation is 1. The lowest BCUT2D eigenvalue weighted by Gasteiger charge is -2.30. The molecular weight excluding hydrogens is 732 g/mol. The van der Waals surface area contributed by atoms with E-state index in [9.17, 15) is 44.1 Å². The van der Waals surface area contributed by atoms with Crippen LogP contribution in [-0.4, -0.2) is 124 Å². The van der Waals surface area contributed by atoms with Gasteiger partial charge < -0.3 is 41.5 Å². The van der Waals surface area contributed by atoms with E-state index in [1.165, 1.54) is 9.80 Å². The number of likely N-dealkylation sites (tertiary alicyclic amines) is 2. The maximum absolute atomic E-state index is 13.8. The normalized spacial score (nSPS) is 18.8. The van der Waals surface area contributed by atoms with Gasteiger partial charge >= 0.3 is 17.9 Å². The molecule has 2 saturated heterocycles. The third-order valence-electron chi connectivity index (χ3n) is 11.0. The minimum Gasteiger partial charge on any atom is -0.481 e. The van der Waals surface area contributed by atoms with E-state index in [0.29, 0.717) is 102 Å². The van der Waals surface area contributed by atoms with E-state index in [-0.39, 0.29) is 37.2 Å². The fourth-order valence-electron chi connectivity index (χ4n) is 7.88. The van der Waals surface area contributed by atoms with Gasteiger partial charge in [0.25, 0.3) is 0 Å². The molecule has 3 amide bonds. The summed E-state index contributed by atoms with van der Waals surface area (Å²) in [6.07, 6.45) is 6.14. The Morgan fingerprint density at radius 1 is 0.667 bits per heavy atom. The lowest BCUT2D eigenvalue weighted by Crippen LogP contribution is -2.56. The van der Waals surface area contributed by atoms with Crippen LogP contribution in [0.5, 0.6) is 0 Å². The van der Waals surface area contributed by atoms with E-state index in [2.05, 4.69) is 16.0 Å². The summed E-state index contributed by atoms with van der Waals surface area (Å²) in [5.41, 5.74) is 7.42. The second-order valence-corrected chi connectivity index (χ2v) is 15.0. The SMILES string of the molecule is NCCCC[C@H](N[C@@H](CCc1ccccc1)C(=O)NCCCC[C@H](NCC[C@H](C(=O)O)c1ccccc1)C(=O)N1CCCC1C(=O)O)C(=O)N1CCC[C@H]1C(=O)O. The van der Waals surface area contributed by atoms with Gasteiger partial charge in [0.1, 0.15) is 12.1 Å². The smallest absolute Gasteiger partial charge is 0.326 e. The maximum Gasteiger partial charge on any atom is 0.326 e. The Hall–Kier alpha value is -4.86. The molecule has 2 aromatic carbocycles. The van der Waals surface area contributed by atoms with E-state index >= 15 is 0 Å². The van der Waals surface area contributed by atoms with Crippen molar-refractivity contribution >= 4 is 35.6 Å². The maximum atomic E-state index is 13.8. The standard InChI is InChI=1S/C42H60N6O9/c43-24-9-7-18-34(39(51)48-28-12-20-36(48)42(56)57)46-32(22-21-29-13-3-1-4-14-29)37(49)45-25-10-8-17-33(38(50)47-27-11-19-35(47)41(54)55)44-26-23-31(40(52)53)30-15-5-2-6-16-30/h1-6,13-16,31-36,44,46H,7-12,17-28,43H2,(H,45,49)(H,52,53)(H,54,55)(H,56,57)/t31-,32-,33-,34-,35?,36-/m0/s1. The van der Waals surface area contributed by atoms with Crippen molar-refractivity contribution in [3.63, 3.8) is 0 Å². The van der Waals surface area contributed by atoms with Crippen LogP contribution in [0, 0.1) is 0 Å². The number of carboxylic acid groups (broad SMARTS) is 3. The third kappa shape index (κ3) is 13.6. The second-order valence-electron chi connectivity index (χ2n) is 15.0. The molecule has 15 nitrogen and oxygen atoms in total. The van der Waals surface area contributed by atoms with Gasteiger partial charge in [0.15, 0.2) is 0 Å². The molecule has 2 heterocycles. The molecule has 4 rings (SSSR count). The van der Waals surface area contributed by atoms with Crippen LogP contribution >= 0.6 is 0 Å². The van der Waals surface area contributed by atoms with Crippen molar-refractivity contribution in [2.75, 3.05) is 32.7 Å². The summed E-state index contributed by atoms with van der Waals surface area (Å²) in [6, 6.07) is 14.5. The number of nitrogens with one attached hydrogen (secondary N) is 3. The molecule has 2 aliphatic heterocycles. The molecule has 2 aliphatic rings. The van der Waals surface area contributed by atoms with Crippen molar-refractivity contribution < 1.29 is 44.1 Å². The van der Waals surface area contributed by atoms with E-state index in [1.807, 2.05) is 36.4 Å². The molecule has 2 aromatic rings. The van der Waals surface area contributed by atoms with Crippen LogP contribution in [0.1, 0.15) is 94.1 Å². The van der Waals surface area contributed by atoms with E-state index in [1.54, 1.807) is 24.3 Å². The first kappa shape index (κ1) is 44.8. The number of carboxylic acids is 3. The van der Waals surface area contributed by atoms with Crippen molar-refractivity contribution in [1.82, 2.24) is 25.8 Å². The highest BCUT2D eigenvalue weighted by atomic mass is 16.4. The Balaban J connectivity index is 1.40. The Kier molecular flexibility index (Phi) is 18.4. The number of unbranched alkanes of at least 4 members (excludes halogenated alkanes) is 2. The van der Waals surface area contributed by atoms with E-state index in [4.69, 9.17) is 5.73 Å². The largest absolute Gasteiger partial charge is 0.481 e. The minimum atomic E-state index is -1.06. The predicted molar refractivity (Wildman–Crippen MR) is 213 cm³/mol. The first-order valence-electron chi connectivity index (χ1n) is 20.4. The Morgan fingerprint density at radius 2 is 1.23 bits per heavy atom. The van der Waals surface area contributed by atoms with Crippen molar-refractivity contribution in [3.05, 3.63) is 71.8 Å². The fraction of sp³-hybridized carbons (Fsp3) is 0.571. The molecule has 0 aliphatic carbocycles. The van der Waals surface area contributed by atoms with Crippen molar-refractivity contribution in [3.8, 4) is 0 Å². The van der Waals surface area contributed by atoms with Crippen LogP contribution in [0.25, 0.3) is 0 Å². The number of amides is 3. The van der Waals surface area contributed by atoms with Crippen LogP contribution < -0.4 is 21.7 Å². The number of nitrogens with two attached hydrogens (primary N) is 1. The Morgan fingerprint density at radius 3 is 1.81 bits per heavy atom. The quantitative estimate of drug-likeness (QED) is 0.0720. The van der Waals surface area contributed by atoms with Crippen molar-refractivity contribution in [1.29, 1.82) is 0 Å². The number of benzene rings is 2. The Bertz CT molecular complexity index is 1610. The van der Waals surface area contributed by atoms with Gasteiger partial charge in [-0.25, -0.2) is 9.59 Å². The fourth-order valence-corrected chi connectivity index (χ4v) is 7.88. The zero-order valence-corrected chi connectivity index (χ0v) is 32.7. The number of rotatable bonds is 25. The number of aliphatic carboxylic acids is 3. The molecule has 15 heteroatoms. The van der Waals surface area contributed by atoms with Crippen LogP contribution in [0.4, 0.5) is 0 Å². The van der Waals surface area contributed by atoms with Gasteiger partial charge in [-0.2, -0.15) is 0 Å². The molecule has 0 saturated carbocycles. The van der Waals surface area contributed by atoms with Gasteiger partial charge in [0.05, 0.1) is 24.0 Å². The molecular formula is C42H60N6O9. The van der Waals surface area contributed by atoms with Gasteiger partial charge in [0.2, 0.25) is 17.7 Å². The number of nitrogens with zero attached hydrogens (tertiary/aromatic N) is 2. The molecule has 0 aromatic heterocycles. The minimum absolute atomic E-state index is 0.217. The summed E-state index contributed by atoms with van der Waals surface area (Å²) < 4.78 is 0. The van der Waals surface area contributed by atoms with E-state index < -0.39 is 54.0 Å². The van der Waals surface area contributed by atoms with Crippen LogP contribution in [0.2, 0.25) is 0 Å². The highest BCUT2D eigenvalue weighted by Crippen LogP contribution is 2.23. The van der Waals surface area contributed by atoms with Crippen molar-refractivity contribution in [2.24, 2.45) is 5.73 Å². The van der Waals surface area contributed by atoms with Gasteiger partial charge in [-0.05, 0) is 101 Å². The summed E-state index contributed by atoms with van der Waals surface area (Å²) in [4.78, 5) is 80.1. The molecule has 6 atom stereocenters. The Labute approximate surface area is 334 Å². The molecule has 0 bridgehead atoms. The lowest BCUT2D eigenvalue weighted by atomic mass is 9.95. The van der Waals surface area contributed by atoms with Gasteiger partial charge in [0, 0.05) is 19.6 Å². The molecule has 312 valence electrons. The van der Waals surface area contributed by atoms with Gasteiger partial charge in [-0.3, -0.25) is 24.5 Å². The van der Waals surface area contributed by atoms with Crippen molar-refractivity contribution in [2.45, 2.75) is 120 Å². The van der Waals surface area contributed by atoms with Gasteiger partial charge in [-0.1, -0.05) is 67.1 Å². The molecule has 2 fully saturated rings. The topological polar surface area (TPSA) is 232 Å². The summed E-state index contributed by atoms with van der Waals surface area (Å²) >= 11 is 0. The summed E-state index contributed by atoms with van der Waals surface area (Å²) in [6.45, 7) is 1.60. The number of hydrogen-bond acceptors (Lipinski definition) is 9. The highest BCUT2D eigenvalue weighted by molar-refractivity contribution is 5.89. The summed E-state index contributed by atoms with van der Waals surface area (Å²) in [5.74, 6) is -4.83. The zero-order chi connectivity index (χ0) is 41.2. The average Bonchev–Trinajstić information content (AvgIpc) is 3.91. The van der Waals surface area contributed by atoms with E-state index in [0.717, 1.165) is 5.56 Å². The first-order valence-corrected chi connectivity index (χ1v) is 20.4. The summed E-state index contributed by atoms with van der Waals surface area (Å²) in [5, 5.41) is 38.9. The van der Waals surface area contributed by atoms with Gasteiger partial charge in [-0.15, -0.1) is 0 Å². The van der Waals surface area contributed by atoms with Crippen LogP contribution in [-0.2, 0) is 35.2 Å². The van der Waals surface area contributed by atoms with Crippen LogP contribution in [0.3, 0.4) is 0 Å². The molecule has 57 heavy (non-hydrogen) atoms. The number of hydrogen-bond donors (Lipinski definition) is 7. The predicted octanol–water partition coefficient (Wildman–Crippen LogP) is 2.73. The summed E-state index contributed by atoms with van der Waals surface area (Å²) in [7, 11) is 0. The molecule has 8 N–H and O–H groups in total. The molecule has 1 unspecified atom stereocenters. The first-order chi connectivity index (χ1) is 27.5. The number of carbonyl (C=O) groups is 6. The number of carbonyl (C=O) groups excluding carboxylic acids is 3. The lowest BCUT2D eigenvalue weighted by molar-refractivity contribution is -0.149. The van der Waals surface area contributed by atoms with Crippen LogP contribution in [0.15, 0.2) is 60.7 Å². The third-order valence-corrected chi connectivity index (χ3v) is 11.0. The zero-order valence-electron chi connectivity index (χ0n) is 32.7. The monoisotopic (exact) mass is 792 g/mol.